The molecule has 0 amide bonds. The first-order valence-electron chi connectivity index (χ1n) is 5.61. The first kappa shape index (κ1) is 17.3. The van der Waals surface area contributed by atoms with Gasteiger partial charge in [-0.25, -0.2) is 4.79 Å². The molecule has 9 heteroatoms. The van der Waals surface area contributed by atoms with Crippen LogP contribution in [0.5, 0.6) is 0 Å². The number of alkyl halides is 6. The molecule has 1 aromatic rings. The Balaban J connectivity index is 3.73. The minimum atomic E-state index is -5.08. The van der Waals surface area contributed by atoms with E-state index in [1.807, 2.05) is 0 Å². The Morgan fingerprint density at radius 2 is 1.67 bits per heavy atom. The largest absolute Gasteiger partial charge is 0.479 e. The fourth-order valence-corrected chi connectivity index (χ4v) is 1.86. The van der Waals surface area contributed by atoms with Gasteiger partial charge < -0.3 is 10.2 Å². The monoisotopic (exact) mass is 316 g/mol. The van der Waals surface area contributed by atoms with Crippen molar-refractivity contribution in [2.45, 2.75) is 31.8 Å². The second-order valence-corrected chi connectivity index (χ2v) is 4.19. The summed E-state index contributed by atoms with van der Waals surface area (Å²) in [5.41, 5.74) is -5.04. The zero-order chi connectivity index (χ0) is 16.6. The van der Waals surface area contributed by atoms with Crippen molar-refractivity contribution in [2.24, 2.45) is 0 Å². The summed E-state index contributed by atoms with van der Waals surface area (Å²) in [6, 6.07) is 0.321. The molecule has 21 heavy (non-hydrogen) atoms. The van der Waals surface area contributed by atoms with Gasteiger partial charge in [-0.05, 0) is 24.1 Å². The molecule has 1 atom stereocenters. The summed E-state index contributed by atoms with van der Waals surface area (Å²) in [6.07, 6.45) is -13.1. The molecule has 0 fully saturated rings. The molecule has 0 heterocycles. The number of benzene rings is 1. The highest BCUT2D eigenvalue weighted by atomic mass is 19.4. The molecule has 1 unspecified atom stereocenters. The normalized spacial score (nSPS) is 14.1. The van der Waals surface area contributed by atoms with Crippen LogP contribution >= 0.6 is 0 Å². The molecule has 0 aliphatic heterocycles. The number of carboxylic acid groups (broad SMARTS) is 1. The van der Waals surface area contributed by atoms with Gasteiger partial charge in [-0.3, -0.25) is 0 Å². The second kappa shape index (κ2) is 5.55. The third-order valence-corrected chi connectivity index (χ3v) is 2.77. The van der Waals surface area contributed by atoms with Gasteiger partial charge in [0.2, 0.25) is 0 Å². The number of aliphatic hydroxyl groups excluding tert-OH is 1. The van der Waals surface area contributed by atoms with Crippen LogP contribution in [0.25, 0.3) is 0 Å². The highest BCUT2D eigenvalue weighted by molar-refractivity contribution is 5.75. The molecule has 0 saturated carbocycles. The van der Waals surface area contributed by atoms with Crippen LogP contribution in [0.15, 0.2) is 12.1 Å². The Bertz CT molecular complexity index is 547. The molecule has 0 radical (unpaired) electrons. The zero-order valence-corrected chi connectivity index (χ0v) is 10.5. The molecule has 0 spiro atoms. The smallest absolute Gasteiger partial charge is 0.417 e. The molecule has 0 saturated heterocycles. The van der Waals surface area contributed by atoms with E-state index in [1.54, 1.807) is 0 Å². The lowest BCUT2D eigenvalue weighted by molar-refractivity contribution is -0.150. The summed E-state index contributed by atoms with van der Waals surface area (Å²) in [5, 5.41) is 17.9. The van der Waals surface area contributed by atoms with Crippen LogP contribution < -0.4 is 0 Å². The molecule has 1 rings (SSSR count). The predicted molar refractivity (Wildman–Crippen MR) is 58.4 cm³/mol. The van der Waals surface area contributed by atoms with E-state index < -0.39 is 53.1 Å². The van der Waals surface area contributed by atoms with Crippen molar-refractivity contribution in [1.29, 1.82) is 0 Å². The number of aryl methyl sites for hydroxylation is 1. The van der Waals surface area contributed by atoms with Gasteiger partial charge in [-0.2, -0.15) is 26.3 Å². The molecule has 0 aliphatic carbocycles. The van der Waals surface area contributed by atoms with Crippen molar-refractivity contribution in [3.05, 3.63) is 34.4 Å². The van der Waals surface area contributed by atoms with Gasteiger partial charge in [0.25, 0.3) is 0 Å². The van der Waals surface area contributed by atoms with Crippen molar-refractivity contribution < 1.29 is 41.4 Å². The van der Waals surface area contributed by atoms with Crippen LogP contribution in [0.4, 0.5) is 26.3 Å². The first-order valence-corrected chi connectivity index (χ1v) is 5.61. The number of rotatable bonds is 3. The van der Waals surface area contributed by atoms with E-state index in [2.05, 4.69) is 0 Å². The Kier molecular flexibility index (Phi) is 4.57. The molecular weight excluding hydrogens is 306 g/mol. The number of carbonyl (C=O) groups is 1. The molecule has 118 valence electrons. The van der Waals surface area contributed by atoms with Crippen molar-refractivity contribution in [3.8, 4) is 0 Å². The Morgan fingerprint density at radius 1 is 1.14 bits per heavy atom. The van der Waals surface area contributed by atoms with E-state index in [4.69, 9.17) is 5.11 Å². The highest BCUT2D eigenvalue weighted by Crippen LogP contribution is 2.41. The second-order valence-electron chi connectivity index (χ2n) is 4.19. The van der Waals surface area contributed by atoms with Crippen LogP contribution in [0, 0.1) is 0 Å². The average molecular weight is 316 g/mol. The Morgan fingerprint density at radius 3 is 2.00 bits per heavy atom. The maximum Gasteiger partial charge on any atom is 0.417 e. The molecule has 0 aromatic heterocycles. The molecule has 0 aliphatic rings. The predicted octanol–water partition coefficient (Wildman–Crippen LogP) is 3.40. The van der Waals surface area contributed by atoms with Crippen LogP contribution in [-0.2, 0) is 23.6 Å². The lowest BCUT2D eigenvalue weighted by Gasteiger charge is -2.21. The van der Waals surface area contributed by atoms with Gasteiger partial charge in [-0.1, -0.05) is 6.92 Å². The Hall–Kier alpha value is -1.77. The maximum atomic E-state index is 13.0. The van der Waals surface area contributed by atoms with E-state index in [-0.39, 0.29) is 6.07 Å². The van der Waals surface area contributed by atoms with Gasteiger partial charge >= 0.3 is 18.3 Å². The van der Waals surface area contributed by atoms with Gasteiger partial charge in [0, 0.05) is 5.56 Å². The molecular formula is C12H10F6O3. The summed E-state index contributed by atoms with van der Waals surface area (Å²) < 4.78 is 76.9. The Labute approximate surface area is 114 Å². The van der Waals surface area contributed by atoms with Gasteiger partial charge in [0.15, 0.2) is 6.10 Å². The molecule has 3 nitrogen and oxygen atoms in total. The van der Waals surface area contributed by atoms with Crippen molar-refractivity contribution in [1.82, 2.24) is 0 Å². The quantitative estimate of drug-likeness (QED) is 0.840. The van der Waals surface area contributed by atoms with Crippen molar-refractivity contribution >= 4 is 5.97 Å². The fraction of sp³-hybridized carbons (Fsp3) is 0.417. The minimum absolute atomic E-state index is 0.0147. The number of hydrogen-bond acceptors (Lipinski definition) is 2. The van der Waals surface area contributed by atoms with E-state index in [1.165, 1.54) is 6.92 Å². The van der Waals surface area contributed by atoms with E-state index in [0.29, 0.717) is 6.07 Å². The number of hydrogen-bond donors (Lipinski definition) is 2. The number of aliphatic carboxylic acids is 1. The van der Waals surface area contributed by atoms with Crippen LogP contribution in [0.3, 0.4) is 0 Å². The van der Waals surface area contributed by atoms with E-state index >= 15 is 0 Å². The third kappa shape index (κ3) is 3.66. The first-order chi connectivity index (χ1) is 9.39. The SMILES string of the molecule is CCc1cc(C(F)(F)F)cc(C(O)C(=O)O)c1C(F)(F)F. The van der Waals surface area contributed by atoms with Gasteiger partial charge in [0.1, 0.15) is 0 Å². The summed E-state index contributed by atoms with van der Waals surface area (Å²) in [7, 11) is 0. The maximum absolute atomic E-state index is 13.0. The number of halogens is 6. The van der Waals surface area contributed by atoms with E-state index in [9.17, 15) is 36.2 Å². The van der Waals surface area contributed by atoms with Crippen LogP contribution in [-0.4, -0.2) is 16.2 Å². The van der Waals surface area contributed by atoms with Gasteiger partial charge in [0.05, 0.1) is 11.1 Å². The number of aliphatic hydroxyl groups is 1. The molecule has 2 N–H and O–H groups in total. The molecule has 0 bridgehead atoms. The number of carboxylic acids is 1. The topological polar surface area (TPSA) is 57.5 Å². The summed E-state index contributed by atoms with van der Waals surface area (Å²) in [6.45, 7) is 1.20. The summed E-state index contributed by atoms with van der Waals surface area (Å²) >= 11 is 0. The lowest BCUT2D eigenvalue weighted by Crippen LogP contribution is -2.21. The third-order valence-electron chi connectivity index (χ3n) is 2.77. The summed E-state index contributed by atoms with van der Waals surface area (Å²) in [4.78, 5) is 10.6. The fourth-order valence-electron chi connectivity index (χ4n) is 1.86. The standard InChI is InChI=1S/C12H10F6O3/c1-2-5-3-6(11(13,14)15)4-7(9(19)10(20)21)8(5)12(16,17)18/h3-4,9,19H,2H2,1H3,(H,20,21). The van der Waals surface area contributed by atoms with Crippen molar-refractivity contribution in [2.75, 3.05) is 0 Å². The zero-order valence-electron chi connectivity index (χ0n) is 10.5. The highest BCUT2D eigenvalue weighted by Gasteiger charge is 2.41. The van der Waals surface area contributed by atoms with Crippen LogP contribution in [0.2, 0.25) is 0 Å². The minimum Gasteiger partial charge on any atom is -0.479 e. The summed E-state index contributed by atoms with van der Waals surface area (Å²) in [5.74, 6) is -2.07. The average Bonchev–Trinajstić information content (AvgIpc) is 2.33. The molecule has 1 aromatic carbocycles. The van der Waals surface area contributed by atoms with Crippen molar-refractivity contribution in [3.63, 3.8) is 0 Å². The van der Waals surface area contributed by atoms with E-state index in [0.717, 1.165) is 0 Å². The lowest BCUT2D eigenvalue weighted by atomic mass is 9.92. The van der Waals surface area contributed by atoms with Crippen LogP contribution in [0.1, 0.15) is 35.3 Å². The van der Waals surface area contributed by atoms with Gasteiger partial charge in [-0.15, -0.1) is 0 Å².